The summed E-state index contributed by atoms with van der Waals surface area (Å²) in [4.78, 5) is 20.4. The van der Waals surface area contributed by atoms with Crippen molar-refractivity contribution in [2.24, 2.45) is 0 Å². The Kier molecular flexibility index (Phi) is 6.49. The molecular formula is C27H25ClN4O2. The molecule has 0 spiro atoms. The van der Waals surface area contributed by atoms with E-state index in [4.69, 9.17) is 21.3 Å². The highest BCUT2D eigenvalue weighted by Gasteiger charge is 2.30. The van der Waals surface area contributed by atoms with Crippen molar-refractivity contribution in [1.29, 1.82) is 0 Å². The smallest absolute Gasteiger partial charge is 0.274 e. The van der Waals surface area contributed by atoms with Crippen molar-refractivity contribution in [3.63, 3.8) is 0 Å². The number of hydrogen-bond donors (Lipinski definition) is 1. The van der Waals surface area contributed by atoms with Crippen molar-refractivity contribution in [1.82, 2.24) is 14.5 Å². The summed E-state index contributed by atoms with van der Waals surface area (Å²) in [5.41, 5.74) is 2.63. The lowest BCUT2D eigenvalue weighted by molar-refractivity contribution is 0.0744. The van der Waals surface area contributed by atoms with Crippen LogP contribution in [0.2, 0.25) is 5.02 Å². The Labute approximate surface area is 203 Å². The fourth-order valence-corrected chi connectivity index (χ4v) is 4.33. The minimum absolute atomic E-state index is 0.0608. The second-order valence-electron chi connectivity index (χ2n) is 8.18. The maximum absolute atomic E-state index is 13.8. The van der Waals surface area contributed by atoms with Gasteiger partial charge in [-0.05, 0) is 35.4 Å². The summed E-state index contributed by atoms with van der Waals surface area (Å²) in [6, 6.07) is 27.3. The van der Waals surface area contributed by atoms with Crippen molar-refractivity contribution < 1.29 is 9.53 Å². The normalized spacial score (nSPS) is 13.2. The molecular weight excluding hydrogens is 448 g/mol. The number of rotatable bonds is 7. The van der Waals surface area contributed by atoms with Crippen LogP contribution < -0.4 is 10.1 Å². The predicted octanol–water partition coefficient (Wildman–Crippen LogP) is 5.23. The molecule has 3 aromatic carbocycles. The molecule has 0 saturated carbocycles. The van der Waals surface area contributed by atoms with Gasteiger partial charge in [-0.15, -0.1) is 0 Å². The number of aromatic nitrogens is 2. The Hall–Kier alpha value is -3.77. The van der Waals surface area contributed by atoms with E-state index in [9.17, 15) is 4.79 Å². The summed E-state index contributed by atoms with van der Waals surface area (Å²) in [6.45, 7) is 2.44. The maximum atomic E-state index is 13.8. The summed E-state index contributed by atoms with van der Waals surface area (Å²) >= 11 is 6.17. The van der Waals surface area contributed by atoms with Crippen LogP contribution in [0.5, 0.6) is 5.75 Å². The van der Waals surface area contributed by atoms with Gasteiger partial charge in [0.1, 0.15) is 18.2 Å². The molecule has 7 heteroatoms. The number of para-hydroxylation sites is 1. The molecule has 1 amide bonds. The molecule has 0 radical (unpaired) electrons. The fraction of sp³-hybridized carbons (Fsp3) is 0.185. The van der Waals surface area contributed by atoms with Gasteiger partial charge in [0, 0.05) is 31.2 Å². The first kappa shape index (κ1) is 22.0. The molecule has 0 bridgehead atoms. The molecule has 2 heterocycles. The molecule has 34 heavy (non-hydrogen) atoms. The number of nitrogens with zero attached hydrogens (tertiary/aromatic N) is 3. The standard InChI is InChI=1S/C27H25ClN4O2/c28-22-11-7-10-21(16-22)17-31-15-14-29-26-25(27(31)33)32(18-20-8-3-1-4-9-20)24(30-26)19-34-23-12-5-2-6-13-23/h1-13,16,29H,14-15,17-19H2. The molecule has 0 aliphatic carbocycles. The number of carbonyl (C=O) groups excluding carboxylic acids is 1. The number of benzene rings is 3. The first-order valence-corrected chi connectivity index (χ1v) is 11.6. The van der Waals surface area contributed by atoms with Crippen LogP contribution in [-0.2, 0) is 19.7 Å². The van der Waals surface area contributed by atoms with Gasteiger partial charge in [0.25, 0.3) is 5.91 Å². The lowest BCUT2D eigenvalue weighted by Crippen LogP contribution is -2.33. The molecule has 1 aromatic heterocycles. The topological polar surface area (TPSA) is 59.4 Å². The van der Waals surface area contributed by atoms with Gasteiger partial charge in [-0.3, -0.25) is 4.79 Å². The highest BCUT2D eigenvalue weighted by Crippen LogP contribution is 2.26. The van der Waals surface area contributed by atoms with E-state index in [2.05, 4.69) is 5.32 Å². The van der Waals surface area contributed by atoms with Crippen LogP contribution in [-0.4, -0.2) is 33.4 Å². The molecule has 4 aromatic rings. The van der Waals surface area contributed by atoms with Crippen LogP contribution in [0.3, 0.4) is 0 Å². The van der Waals surface area contributed by atoms with Gasteiger partial charge in [-0.2, -0.15) is 0 Å². The van der Waals surface area contributed by atoms with Crippen molar-refractivity contribution >= 4 is 23.3 Å². The highest BCUT2D eigenvalue weighted by molar-refractivity contribution is 6.30. The van der Waals surface area contributed by atoms with E-state index in [1.165, 1.54) is 0 Å². The Morgan fingerprint density at radius 1 is 0.912 bits per heavy atom. The van der Waals surface area contributed by atoms with Crippen LogP contribution in [0.25, 0.3) is 0 Å². The average Bonchev–Trinajstić information content (AvgIpc) is 3.11. The van der Waals surface area contributed by atoms with E-state index in [-0.39, 0.29) is 12.5 Å². The van der Waals surface area contributed by atoms with Crippen LogP contribution in [0.1, 0.15) is 27.4 Å². The zero-order valence-electron chi connectivity index (χ0n) is 18.7. The lowest BCUT2D eigenvalue weighted by Gasteiger charge is -2.22. The van der Waals surface area contributed by atoms with Gasteiger partial charge in [0.15, 0.2) is 11.5 Å². The van der Waals surface area contributed by atoms with Crippen molar-refractivity contribution in [3.8, 4) is 5.75 Å². The Bertz CT molecular complexity index is 1270. The number of anilines is 1. The number of imidazole rings is 1. The second kappa shape index (κ2) is 10.0. The minimum atomic E-state index is -0.0608. The van der Waals surface area contributed by atoms with Gasteiger partial charge in [0.2, 0.25) is 0 Å². The predicted molar refractivity (Wildman–Crippen MR) is 133 cm³/mol. The second-order valence-corrected chi connectivity index (χ2v) is 8.62. The molecule has 1 aliphatic heterocycles. The molecule has 1 N–H and O–H groups in total. The Morgan fingerprint density at radius 3 is 2.41 bits per heavy atom. The zero-order valence-corrected chi connectivity index (χ0v) is 19.4. The van der Waals surface area contributed by atoms with Gasteiger partial charge in [0.05, 0.1) is 0 Å². The van der Waals surface area contributed by atoms with Gasteiger partial charge >= 0.3 is 0 Å². The molecule has 172 valence electrons. The lowest BCUT2D eigenvalue weighted by atomic mass is 10.2. The molecule has 0 atom stereocenters. The zero-order chi connectivity index (χ0) is 23.3. The molecule has 1 aliphatic rings. The number of nitrogens with one attached hydrogen (secondary N) is 1. The van der Waals surface area contributed by atoms with Crippen LogP contribution in [0, 0.1) is 0 Å². The third-order valence-corrected chi connectivity index (χ3v) is 6.00. The minimum Gasteiger partial charge on any atom is -0.486 e. The Morgan fingerprint density at radius 2 is 1.65 bits per heavy atom. The highest BCUT2D eigenvalue weighted by atomic mass is 35.5. The number of hydrogen-bond acceptors (Lipinski definition) is 4. The third-order valence-electron chi connectivity index (χ3n) is 5.77. The van der Waals surface area contributed by atoms with Gasteiger partial charge in [-0.1, -0.05) is 72.3 Å². The van der Waals surface area contributed by atoms with E-state index in [0.29, 0.717) is 48.5 Å². The number of fused-ring (bicyclic) bond motifs is 1. The molecule has 0 unspecified atom stereocenters. The number of carbonyl (C=O) groups is 1. The fourth-order valence-electron chi connectivity index (χ4n) is 4.12. The quantitative estimate of drug-likeness (QED) is 0.400. The number of ether oxygens (including phenoxy) is 1. The summed E-state index contributed by atoms with van der Waals surface area (Å²) in [5.74, 6) is 1.99. The third kappa shape index (κ3) is 4.92. The van der Waals surface area contributed by atoms with E-state index < -0.39 is 0 Å². The average molecular weight is 473 g/mol. The summed E-state index contributed by atoms with van der Waals surface area (Å²) in [6.07, 6.45) is 0. The Balaban J connectivity index is 1.48. The van der Waals surface area contributed by atoms with Gasteiger partial charge < -0.3 is 19.5 Å². The number of halogens is 1. The molecule has 5 rings (SSSR count). The van der Waals surface area contributed by atoms with E-state index in [0.717, 1.165) is 16.9 Å². The first-order chi connectivity index (χ1) is 16.7. The van der Waals surface area contributed by atoms with Crippen LogP contribution in [0.4, 0.5) is 5.82 Å². The van der Waals surface area contributed by atoms with Crippen LogP contribution in [0.15, 0.2) is 84.9 Å². The van der Waals surface area contributed by atoms with Gasteiger partial charge in [-0.25, -0.2) is 4.98 Å². The maximum Gasteiger partial charge on any atom is 0.274 e. The SMILES string of the molecule is O=C1c2c(nc(COc3ccccc3)n2Cc2ccccc2)NCCN1Cc1cccc(Cl)c1. The monoisotopic (exact) mass is 472 g/mol. The number of amides is 1. The molecule has 0 fully saturated rings. The van der Waals surface area contributed by atoms with E-state index >= 15 is 0 Å². The van der Waals surface area contributed by atoms with Crippen molar-refractivity contribution in [3.05, 3.63) is 113 Å². The molecule has 6 nitrogen and oxygen atoms in total. The largest absolute Gasteiger partial charge is 0.486 e. The summed E-state index contributed by atoms with van der Waals surface area (Å²) in [7, 11) is 0. The summed E-state index contributed by atoms with van der Waals surface area (Å²) in [5, 5.41) is 4.01. The summed E-state index contributed by atoms with van der Waals surface area (Å²) < 4.78 is 7.97. The molecule has 0 saturated heterocycles. The first-order valence-electron chi connectivity index (χ1n) is 11.3. The van der Waals surface area contributed by atoms with Crippen molar-refractivity contribution in [2.75, 3.05) is 18.4 Å². The van der Waals surface area contributed by atoms with Crippen LogP contribution >= 0.6 is 11.6 Å². The van der Waals surface area contributed by atoms with E-state index in [1.807, 2.05) is 94.4 Å². The van der Waals surface area contributed by atoms with E-state index in [1.54, 1.807) is 0 Å². The van der Waals surface area contributed by atoms with Crippen molar-refractivity contribution in [2.45, 2.75) is 19.7 Å².